The van der Waals surface area contributed by atoms with Crippen LogP contribution in [0.4, 0.5) is 0 Å². The van der Waals surface area contributed by atoms with Crippen molar-refractivity contribution in [1.29, 1.82) is 0 Å². The minimum atomic E-state index is -0.195. The summed E-state index contributed by atoms with van der Waals surface area (Å²) in [6, 6.07) is 13.9. The first-order valence-electron chi connectivity index (χ1n) is 9.14. The molecule has 128 valence electrons. The molecule has 2 nitrogen and oxygen atoms in total. The van der Waals surface area contributed by atoms with Crippen LogP contribution in [0.3, 0.4) is 0 Å². The monoisotopic (exact) mass is 332 g/mol. The number of rotatable bonds is 3. The first-order chi connectivity index (χ1) is 12.0. The lowest BCUT2D eigenvalue weighted by molar-refractivity contribution is -0.131. The summed E-state index contributed by atoms with van der Waals surface area (Å²) in [6.07, 6.45) is 5.58. The van der Waals surface area contributed by atoms with Crippen LogP contribution < -0.4 is 4.74 Å². The van der Waals surface area contributed by atoms with Gasteiger partial charge in [0, 0.05) is 11.5 Å². The van der Waals surface area contributed by atoms with Crippen LogP contribution in [0.15, 0.2) is 65.8 Å². The van der Waals surface area contributed by atoms with Crippen LogP contribution in [0.1, 0.15) is 27.2 Å². The van der Waals surface area contributed by atoms with E-state index in [1.165, 1.54) is 5.57 Å². The molecule has 2 bridgehead atoms. The fourth-order valence-corrected chi connectivity index (χ4v) is 4.29. The predicted molar refractivity (Wildman–Crippen MR) is 101 cm³/mol. The maximum Gasteiger partial charge on any atom is 0.339 e. The highest BCUT2D eigenvalue weighted by Gasteiger charge is 2.40. The number of fused-ring (bicyclic) bond motifs is 2. The van der Waals surface area contributed by atoms with Crippen LogP contribution in [-0.4, -0.2) is 5.97 Å². The second-order valence-electron chi connectivity index (χ2n) is 7.71. The van der Waals surface area contributed by atoms with Crippen molar-refractivity contribution in [3.8, 4) is 5.75 Å². The molecule has 25 heavy (non-hydrogen) atoms. The highest BCUT2D eigenvalue weighted by Crippen LogP contribution is 2.46. The van der Waals surface area contributed by atoms with Crippen LogP contribution in [0, 0.1) is 23.7 Å². The first kappa shape index (κ1) is 16.1. The van der Waals surface area contributed by atoms with E-state index in [-0.39, 0.29) is 11.9 Å². The van der Waals surface area contributed by atoms with Gasteiger partial charge in [0.05, 0.1) is 0 Å². The third kappa shape index (κ3) is 2.90. The van der Waals surface area contributed by atoms with E-state index in [1.54, 1.807) is 0 Å². The number of allylic oxidation sites excluding steroid dienone is 3. The lowest BCUT2D eigenvalue weighted by atomic mass is 9.63. The fraction of sp³-hybridized carbons (Fsp3) is 0.348. The number of benzene rings is 2. The van der Waals surface area contributed by atoms with E-state index in [4.69, 9.17) is 4.74 Å². The predicted octanol–water partition coefficient (Wildman–Crippen LogP) is 5.54. The zero-order valence-electron chi connectivity index (χ0n) is 15.0. The van der Waals surface area contributed by atoms with Gasteiger partial charge in [-0.1, -0.05) is 61.9 Å². The molecule has 0 aromatic heterocycles. The van der Waals surface area contributed by atoms with Crippen LogP contribution >= 0.6 is 0 Å². The molecule has 0 amide bonds. The SMILES string of the molecule is CC1=C[C@H]2C(C(=O)Oc3ccc4ccccc4c3)=C[C@H]1CC2C(C)C. The summed E-state index contributed by atoms with van der Waals surface area (Å²) in [5.74, 6) is 2.09. The number of hydrogen-bond donors (Lipinski definition) is 0. The molecule has 0 aliphatic heterocycles. The molecule has 0 saturated carbocycles. The van der Waals surface area contributed by atoms with Gasteiger partial charge in [0.2, 0.25) is 0 Å². The van der Waals surface area contributed by atoms with Crippen molar-refractivity contribution in [3.05, 3.63) is 65.8 Å². The van der Waals surface area contributed by atoms with E-state index in [9.17, 15) is 4.79 Å². The molecular formula is C23H24O2. The zero-order valence-corrected chi connectivity index (χ0v) is 15.0. The number of ether oxygens (including phenoxy) is 1. The van der Waals surface area contributed by atoms with Gasteiger partial charge in [-0.05, 0) is 54.0 Å². The minimum absolute atomic E-state index is 0.193. The lowest BCUT2D eigenvalue weighted by Crippen LogP contribution is -2.36. The normalized spacial score (nSPS) is 25.0. The molecule has 3 aliphatic carbocycles. The van der Waals surface area contributed by atoms with E-state index < -0.39 is 0 Å². The average molecular weight is 332 g/mol. The standard InChI is InChI=1S/C23H24O2/c1-14(2)20-12-18-13-22(21(20)10-15(18)3)23(24)25-19-9-8-16-6-4-5-7-17(16)11-19/h4-11,13-14,18,20-21H,12H2,1-3H3/t18-,20?,21-/m1/s1. The topological polar surface area (TPSA) is 26.3 Å². The van der Waals surface area contributed by atoms with Crippen molar-refractivity contribution in [2.24, 2.45) is 23.7 Å². The second kappa shape index (κ2) is 6.18. The fourth-order valence-electron chi connectivity index (χ4n) is 4.29. The highest BCUT2D eigenvalue weighted by molar-refractivity contribution is 5.93. The Balaban J connectivity index is 1.59. The van der Waals surface area contributed by atoms with E-state index >= 15 is 0 Å². The highest BCUT2D eigenvalue weighted by atomic mass is 16.5. The number of carbonyl (C=O) groups excluding carboxylic acids is 1. The van der Waals surface area contributed by atoms with Crippen molar-refractivity contribution >= 4 is 16.7 Å². The third-order valence-electron chi connectivity index (χ3n) is 5.78. The van der Waals surface area contributed by atoms with E-state index in [2.05, 4.69) is 39.0 Å². The Labute approximate surface area is 149 Å². The van der Waals surface area contributed by atoms with Gasteiger partial charge in [-0.15, -0.1) is 0 Å². The Hall–Kier alpha value is -2.35. The largest absolute Gasteiger partial charge is 0.423 e. The van der Waals surface area contributed by atoms with Crippen LogP contribution in [0.25, 0.3) is 10.8 Å². The van der Waals surface area contributed by atoms with Crippen molar-refractivity contribution in [3.63, 3.8) is 0 Å². The molecule has 3 aliphatic rings. The molecule has 1 unspecified atom stereocenters. The van der Waals surface area contributed by atoms with Crippen LogP contribution in [-0.2, 0) is 4.79 Å². The maximum atomic E-state index is 12.8. The Morgan fingerprint density at radius 2 is 1.84 bits per heavy atom. The molecule has 0 saturated heterocycles. The second-order valence-corrected chi connectivity index (χ2v) is 7.71. The van der Waals surface area contributed by atoms with E-state index in [1.807, 2.05) is 36.4 Å². The summed E-state index contributed by atoms with van der Waals surface area (Å²) >= 11 is 0. The quantitative estimate of drug-likeness (QED) is 0.419. The maximum absolute atomic E-state index is 12.8. The Morgan fingerprint density at radius 3 is 2.56 bits per heavy atom. The van der Waals surface area contributed by atoms with Gasteiger partial charge in [0.15, 0.2) is 0 Å². The van der Waals surface area contributed by atoms with Gasteiger partial charge in [0.1, 0.15) is 5.75 Å². The Kier molecular flexibility index (Phi) is 3.99. The number of carbonyl (C=O) groups is 1. The van der Waals surface area contributed by atoms with Gasteiger partial charge in [0.25, 0.3) is 0 Å². The molecule has 2 aromatic carbocycles. The Bertz CT molecular complexity index is 888. The summed E-state index contributed by atoms with van der Waals surface area (Å²) in [5, 5.41) is 2.24. The van der Waals surface area contributed by atoms with Gasteiger partial charge >= 0.3 is 5.97 Å². The summed E-state index contributed by atoms with van der Waals surface area (Å²) < 4.78 is 5.74. The molecule has 5 rings (SSSR count). The molecule has 0 radical (unpaired) electrons. The van der Waals surface area contributed by atoms with Crippen molar-refractivity contribution in [2.75, 3.05) is 0 Å². The molecule has 0 heterocycles. The van der Waals surface area contributed by atoms with E-state index in [0.29, 0.717) is 23.5 Å². The molecule has 2 aromatic rings. The van der Waals surface area contributed by atoms with Crippen molar-refractivity contribution in [2.45, 2.75) is 27.2 Å². The van der Waals surface area contributed by atoms with Crippen molar-refractivity contribution in [1.82, 2.24) is 0 Å². The average Bonchev–Trinajstić information content (AvgIpc) is 2.61. The van der Waals surface area contributed by atoms with Gasteiger partial charge in [-0.2, -0.15) is 0 Å². The molecule has 2 heteroatoms. The summed E-state index contributed by atoms with van der Waals surface area (Å²) in [5.41, 5.74) is 2.23. The number of hydrogen-bond acceptors (Lipinski definition) is 2. The van der Waals surface area contributed by atoms with Gasteiger partial charge in [-0.3, -0.25) is 0 Å². The Morgan fingerprint density at radius 1 is 1.08 bits per heavy atom. The smallest absolute Gasteiger partial charge is 0.339 e. The molecule has 0 spiro atoms. The lowest BCUT2D eigenvalue weighted by Gasteiger charge is -2.41. The van der Waals surface area contributed by atoms with Gasteiger partial charge < -0.3 is 4.74 Å². The molecule has 0 fully saturated rings. The first-order valence-corrected chi connectivity index (χ1v) is 9.14. The third-order valence-corrected chi connectivity index (χ3v) is 5.78. The zero-order chi connectivity index (χ0) is 17.6. The summed E-state index contributed by atoms with van der Waals surface area (Å²) in [7, 11) is 0. The summed E-state index contributed by atoms with van der Waals surface area (Å²) in [4.78, 5) is 12.8. The number of esters is 1. The van der Waals surface area contributed by atoms with E-state index in [0.717, 1.165) is 22.8 Å². The molecular weight excluding hydrogens is 308 g/mol. The van der Waals surface area contributed by atoms with Crippen LogP contribution in [0.5, 0.6) is 5.75 Å². The van der Waals surface area contributed by atoms with Crippen molar-refractivity contribution < 1.29 is 9.53 Å². The molecule has 3 atom stereocenters. The van der Waals surface area contributed by atoms with Crippen LogP contribution in [0.2, 0.25) is 0 Å². The molecule has 0 N–H and O–H groups in total. The minimum Gasteiger partial charge on any atom is -0.423 e. The van der Waals surface area contributed by atoms with Gasteiger partial charge in [-0.25, -0.2) is 4.79 Å². The summed E-state index contributed by atoms with van der Waals surface area (Å²) in [6.45, 7) is 6.68.